The number of nitrogens with zero attached hydrogens (tertiary/aromatic N) is 2. The Morgan fingerprint density at radius 2 is 1.94 bits per heavy atom. The van der Waals surface area contributed by atoms with Crippen LogP contribution in [-0.4, -0.2) is 34.4 Å². The molecule has 1 aliphatic heterocycles. The summed E-state index contributed by atoms with van der Waals surface area (Å²) in [7, 11) is 0. The number of oxazole rings is 1. The van der Waals surface area contributed by atoms with Crippen LogP contribution in [0, 0.1) is 6.92 Å². The lowest BCUT2D eigenvalue weighted by atomic mass is 10.1. The normalized spacial score (nSPS) is 18.1. The van der Waals surface area contributed by atoms with Crippen LogP contribution < -0.4 is 16.4 Å². The minimum absolute atomic E-state index is 0.0332. The molecule has 2 heterocycles. The number of benzene rings is 2. The van der Waals surface area contributed by atoms with E-state index in [0.29, 0.717) is 24.5 Å². The largest absolute Gasteiger partial charge is 0.447 e. The molecule has 4 N–H and O–H groups in total. The van der Waals surface area contributed by atoms with Gasteiger partial charge in [-0.1, -0.05) is 30.3 Å². The summed E-state index contributed by atoms with van der Waals surface area (Å²) in [6.07, 6.45) is 3.94. The van der Waals surface area contributed by atoms with Crippen LogP contribution in [0.25, 0.3) is 0 Å². The third-order valence-electron chi connectivity index (χ3n) is 5.35. The van der Waals surface area contributed by atoms with Gasteiger partial charge in [-0.15, -0.1) is 0 Å². The van der Waals surface area contributed by atoms with Gasteiger partial charge in [0.1, 0.15) is 12.3 Å². The molecule has 0 radical (unpaired) electrons. The number of rotatable bonds is 5. The van der Waals surface area contributed by atoms with Gasteiger partial charge >= 0.3 is 6.03 Å². The average molecular weight is 419 g/mol. The highest BCUT2D eigenvalue weighted by Crippen LogP contribution is 2.31. The minimum atomic E-state index is -0.321. The molecule has 8 nitrogen and oxygen atoms in total. The van der Waals surface area contributed by atoms with Crippen molar-refractivity contribution in [3.8, 4) is 0 Å². The van der Waals surface area contributed by atoms with E-state index in [1.807, 2.05) is 43.3 Å². The molecule has 8 heteroatoms. The standard InChI is InChI=1S/C23H25N5O3/c1-15-4-2-3-5-19(15)27-23(30)26-18-8-6-16(7-9-18)12-21(29)28-14-17(24)13-20(28)22-25-10-11-31-22/h2-11,17,20H,12-14,24H2,1H3,(H2,26,27,30). The number of urea groups is 1. The number of carbonyl (C=O) groups excluding carboxylic acids is 2. The van der Waals surface area contributed by atoms with Gasteiger partial charge in [-0.05, 0) is 42.7 Å². The van der Waals surface area contributed by atoms with Gasteiger partial charge in [0.25, 0.3) is 0 Å². The van der Waals surface area contributed by atoms with Gasteiger partial charge in [0, 0.05) is 24.0 Å². The Morgan fingerprint density at radius 1 is 1.16 bits per heavy atom. The third-order valence-corrected chi connectivity index (χ3v) is 5.35. The molecule has 2 aromatic carbocycles. The minimum Gasteiger partial charge on any atom is -0.447 e. The summed E-state index contributed by atoms with van der Waals surface area (Å²) >= 11 is 0. The Balaban J connectivity index is 1.35. The second-order valence-corrected chi connectivity index (χ2v) is 7.70. The average Bonchev–Trinajstić information content (AvgIpc) is 3.41. The molecule has 1 fully saturated rings. The Morgan fingerprint density at radius 3 is 2.65 bits per heavy atom. The van der Waals surface area contributed by atoms with E-state index >= 15 is 0 Å². The Kier molecular flexibility index (Phi) is 5.99. The Labute approximate surface area is 180 Å². The first-order valence-corrected chi connectivity index (χ1v) is 10.2. The topological polar surface area (TPSA) is 113 Å². The van der Waals surface area contributed by atoms with E-state index < -0.39 is 0 Å². The number of nitrogens with two attached hydrogens (primary N) is 1. The molecule has 0 saturated carbocycles. The number of para-hydroxylation sites is 1. The van der Waals surface area contributed by atoms with Gasteiger partial charge in [0.15, 0.2) is 0 Å². The van der Waals surface area contributed by atoms with Gasteiger partial charge in [-0.3, -0.25) is 4.79 Å². The van der Waals surface area contributed by atoms with E-state index in [1.165, 1.54) is 6.26 Å². The van der Waals surface area contributed by atoms with Crippen LogP contribution in [0.5, 0.6) is 0 Å². The summed E-state index contributed by atoms with van der Waals surface area (Å²) in [5.41, 5.74) is 9.30. The number of likely N-dealkylation sites (tertiary alicyclic amines) is 1. The van der Waals surface area contributed by atoms with E-state index in [9.17, 15) is 9.59 Å². The number of hydrogen-bond donors (Lipinski definition) is 3. The maximum absolute atomic E-state index is 12.9. The molecule has 0 aliphatic carbocycles. The SMILES string of the molecule is Cc1ccccc1NC(=O)Nc1ccc(CC(=O)N2CC(N)CC2c2ncco2)cc1. The summed E-state index contributed by atoms with van der Waals surface area (Å²) in [4.78, 5) is 31.0. The van der Waals surface area contributed by atoms with Crippen LogP contribution in [0.1, 0.15) is 29.5 Å². The lowest BCUT2D eigenvalue weighted by molar-refractivity contribution is -0.131. The summed E-state index contributed by atoms with van der Waals surface area (Å²) in [6.45, 7) is 2.41. The summed E-state index contributed by atoms with van der Waals surface area (Å²) in [6, 6.07) is 14.1. The molecule has 2 atom stereocenters. The molecule has 3 amide bonds. The van der Waals surface area contributed by atoms with Gasteiger partial charge in [-0.2, -0.15) is 0 Å². The van der Waals surface area contributed by atoms with Crippen LogP contribution in [-0.2, 0) is 11.2 Å². The number of aromatic nitrogens is 1. The van der Waals surface area contributed by atoms with Crippen molar-refractivity contribution in [2.24, 2.45) is 5.73 Å². The smallest absolute Gasteiger partial charge is 0.323 e. The van der Waals surface area contributed by atoms with E-state index in [0.717, 1.165) is 16.8 Å². The number of carbonyl (C=O) groups is 2. The van der Waals surface area contributed by atoms with Crippen molar-refractivity contribution in [2.75, 3.05) is 17.2 Å². The molecule has 1 aromatic heterocycles. The van der Waals surface area contributed by atoms with E-state index in [-0.39, 0.29) is 30.4 Å². The lowest BCUT2D eigenvalue weighted by Gasteiger charge is -2.22. The van der Waals surface area contributed by atoms with Crippen molar-refractivity contribution in [3.05, 3.63) is 78.0 Å². The van der Waals surface area contributed by atoms with Crippen LogP contribution >= 0.6 is 0 Å². The first-order chi connectivity index (χ1) is 15.0. The zero-order valence-corrected chi connectivity index (χ0v) is 17.2. The molecule has 4 rings (SSSR count). The number of nitrogens with one attached hydrogen (secondary N) is 2. The molecule has 0 bridgehead atoms. The fourth-order valence-corrected chi connectivity index (χ4v) is 3.76. The highest BCUT2D eigenvalue weighted by atomic mass is 16.3. The zero-order valence-electron chi connectivity index (χ0n) is 17.2. The predicted molar refractivity (Wildman–Crippen MR) is 118 cm³/mol. The van der Waals surface area contributed by atoms with Gasteiger partial charge in [0.2, 0.25) is 11.8 Å². The molecule has 0 spiro atoms. The van der Waals surface area contributed by atoms with Crippen molar-refractivity contribution in [1.82, 2.24) is 9.88 Å². The van der Waals surface area contributed by atoms with E-state index in [4.69, 9.17) is 10.2 Å². The molecule has 2 unspecified atom stereocenters. The van der Waals surface area contributed by atoms with Crippen LogP contribution in [0.2, 0.25) is 0 Å². The Bertz CT molecular complexity index is 1050. The Hall–Kier alpha value is -3.65. The number of aryl methyl sites for hydroxylation is 1. The van der Waals surface area contributed by atoms with Crippen LogP contribution in [0.4, 0.5) is 16.2 Å². The maximum Gasteiger partial charge on any atom is 0.323 e. The van der Waals surface area contributed by atoms with Gasteiger partial charge in [-0.25, -0.2) is 9.78 Å². The van der Waals surface area contributed by atoms with Crippen LogP contribution in [0.3, 0.4) is 0 Å². The molecule has 1 saturated heterocycles. The van der Waals surface area contributed by atoms with Gasteiger partial charge in [0.05, 0.1) is 12.6 Å². The van der Waals surface area contributed by atoms with Crippen LogP contribution in [0.15, 0.2) is 65.4 Å². The third kappa shape index (κ3) is 4.92. The fraction of sp³-hybridized carbons (Fsp3) is 0.261. The summed E-state index contributed by atoms with van der Waals surface area (Å²) in [5, 5.41) is 5.63. The molecule has 3 aromatic rings. The first kappa shape index (κ1) is 20.6. The monoisotopic (exact) mass is 419 g/mol. The second-order valence-electron chi connectivity index (χ2n) is 7.70. The second kappa shape index (κ2) is 9.01. The maximum atomic E-state index is 12.9. The van der Waals surface area contributed by atoms with Crippen molar-refractivity contribution in [2.45, 2.75) is 31.8 Å². The zero-order chi connectivity index (χ0) is 21.8. The predicted octanol–water partition coefficient (Wildman–Crippen LogP) is 3.47. The van der Waals surface area contributed by atoms with Gasteiger partial charge < -0.3 is 25.7 Å². The van der Waals surface area contributed by atoms with Crippen molar-refractivity contribution < 1.29 is 14.0 Å². The molecular weight excluding hydrogens is 394 g/mol. The number of amides is 3. The highest BCUT2D eigenvalue weighted by molar-refractivity contribution is 6.00. The number of anilines is 2. The summed E-state index contributed by atoms with van der Waals surface area (Å²) < 4.78 is 5.39. The molecular formula is C23H25N5O3. The highest BCUT2D eigenvalue weighted by Gasteiger charge is 2.36. The van der Waals surface area contributed by atoms with Crippen molar-refractivity contribution in [3.63, 3.8) is 0 Å². The summed E-state index contributed by atoms with van der Waals surface area (Å²) in [5.74, 6) is 0.481. The van der Waals surface area contributed by atoms with E-state index in [2.05, 4.69) is 15.6 Å². The molecule has 31 heavy (non-hydrogen) atoms. The van der Waals surface area contributed by atoms with Crippen molar-refractivity contribution >= 4 is 23.3 Å². The fourth-order valence-electron chi connectivity index (χ4n) is 3.76. The van der Waals surface area contributed by atoms with Crippen molar-refractivity contribution in [1.29, 1.82) is 0 Å². The molecule has 160 valence electrons. The first-order valence-electron chi connectivity index (χ1n) is 10.2. The van der Waals surface area contributed by atoms with E-state index in [1.54, 1.807) is 23.2 Å². The quantitative estimate of drug-likeness (QED) is 0.586. The number of hydrogen-bond acceptors (Lipinski definition) is 5. The molecule has 1 aliphatic rings. The lowest BCUT2D eigenvalue weighted by Crippen LogP contribution is -2.34.